The zero-order valence-electron chi connectivity index (χ0n) is 15.0. The smallest absolute Gasteiger partial charge is 0.279 e. The second-order valence-electron chi connectivity index (χ2n) is 6.45. The lowest BCUT2D eigenvalue weighted by molar-refractivity contribution is -0.137. The number of hydrogen-bond donors (Lipinski definition) is 1. The number of nitrogens with zero attached hydrogens (tertiary/aromatic N) is 2. The van der Waals surface area contributed by atoms with Crippen LogP contribution < -0.4 is 5.43 Å². The van der Waals surface area contributed by atoms with Crippen LogP contribution in [0.4, 0.5) is 18.9 Å². The molecule has 0 saturated carbocycles. The summed E-state index contributed by atoms with van der Waals surface area (Å²) in [7, 11) is -3.62. The molecule has 1 fully saturated rings. The van der Waals surface area contributed by atoms with Gasteiger partial charge < -0.3 is 0 Å². The van der Waals surface area contributed by atoms with Crippen LogP contribution in [0.3, 0.4) is 0 Å². The molecule has 0 amide bonds. The highest BCUT2D eigenvalue weighted by Gasteiger charge is 2.30. The molecule has 1 saturated heterocycles. The molecule has 0 atom stereocenters. The van der Waals surface area contributed by atoms with Gasteiger partial charge in [0.05, 0.1) is 22.4 Å². The number of sulfonamides is 1. The predicted molar refractivity (Wildman–Crippen MR) is 102 cm³/mol. The fourth-order valence-electron chi connectivity index (χ4n) is 2.98. The molecular weight excluding hydrogens is 391 g/mol. The van der Waals surface area contributed by atoms with Crippen LogP contribution in [0.2, 0.25) is 0 Å². The third kappa shape index (κ3) is 4.71. The summed E-state index contributed by atoms with van der Waals surface area (Å²) in [6, 6.07) is 10.9. The van der Waals surface area contributed by atoms with Crippen molar-refractivity contribution in [1.82, 2.24) is 4.31 Å². The SMILES string of the molecule is O=S(=O)(c1ccccc1C=NNc1ccc(C(F)(F)F)cc1)N1CCCCC1. The molecule has 5 nitrogen and oxygen atoms in total. The summed E-state index contributed by atoms with van der Waals surface area (Å²) in [6.07, 6.45) is -0.347. The summed E-state index contributed by atoms with van der Waals surface area (Å²) in [6.45, 7) is 0.995. The minimum Gasteiger partial charge on any atom is -0.279 e. The normalized spacial score (nSPS) is 16.4. The fraction of sp³-hybridized carbons (Fsp3) is 0.316. The summed E-state index contributed by atoms with van der Waals surface area (Å²) in [4.78, 5) is 0.162. The molecule has 2 aromatic rings. The highest BCUT2D eigenvalue weighted by molar-refractivity contribution is 7.89. The van der Waals surface area contributed by atoms with Crippen LogP contribution in [0.1, 0.15) is 30.4 Å². The first-order valence-corrected chi connectivity index (χ1v) is 10.3. The number of alkyl halides is 3. The van der Waals surface area contributed by atoms with Gasteiger partial charge in [-0.3, -0.25) is 5.43 Å². The summed E-state index contributed by atoms with van der Waals surface area (Å²) >= 11 is 0. The molecule has 28 heavy (non-hydrogen) atoms. The number of halogens is 3. The van der Waals surface area contributed by atoms with Gasteiger partial charge in [0, 0.05) is 18.7 Å². The van der Waals surface area contributed by atoms with E-state index in [1.54, 1.807) is 18.2 Å². The van der Waals surface area contributed by atoms with E-state index in [4.69, 9.17) is 0 Å². The Morgan fingerprint density at radius 3 is 2.25 bits per heavy atom. The molecule has 0 radical (unpaired) electrons. The molecule has 0 spiro atoms. The van der Waals surface area contributed by atoms with Gasteiger partial charge in [0.2, 0.25) is 10.0 Å². The largest absolute Gasteiger partial charge is 0.416 e. The van der Waals surface area contributed by atoms with Gasteiger partial charge >= 0.3 is 6.18 Å². The van der Waals surface area contributed by atoms with Crippen LogP contribution in [0, 0.1) is 0 Å². The van der Waals surface area contributed by atoms with E-state index in [1.165, 1.54) is 28.7 Å². The summed E-state index contributed by atoms with van der Waals surface area (Å²) < 4.78 is 65.1. The average molecular weight is 411 g/mol. The number of nitrogens with one attached hydrogen (secondary N) is 1. The van der Waals surface area contributed by atoms with Gasteiger partial charge in [-0.25, -0.2) is 8.42 Å². The molecule has 0 bridgehead atoms. The molecule has 150 valence electrons. The van der Waals surface area contributed by atoms with E-state index < -0.39 is 21.8 Å². The van der Waals surface area contributed by atoms with Crippen molar-refractivity contribution in [3.05, 3.63) is 59.7 Å². The summed E-state index contributed by atoms with van der Waals surface area (Å²) in [5.74, 6) is 0. The second-order valence-corrected chi connectivity index (χ2v) is 8.35. The summed E-state index contributed by atoms with van der Waals surface area (Å²) in [5, 5.41) is 3.98. The van der Waals surface area contributed by atoms with Gasteiger partial charge in [0.1, 0.15) is 0 Å². The first kappa shape index (κ1) is 20.3. The van der Waals surface area contributed by atoms with Crippen molar-refractivity contribution in [2.24, 2.45) is 5.10 Å². The van der Waals surface area contributed by atoms with Crippen LogP contribution in [0.5, 0.6) is 0 Å². The molecule has 1 N–H and O–H groups in total. The third-order valence-electron chi connectivity index (χ3n) is 4.46. The standard InChI is InChI=1S/C19H20F3N3O2S/c20-19(21,22)16-8-10-17(11-9-16)24-23-14-15-6-2-3-7-18(15)28(26,27)25-12-4-1-5-13-25/h2-3,6-11,14,24H,1,4-5,12-13H2. The molecule has 9 heteroatoms. The van der Waals surface area contributed by atoms with Crippen LogP contribution in [-0.4, -0.2) is 32.0 Å². The lowest BCUT2D eigenvalue weighted by Gasteiger charge is -2.26. The van der Waals surface area contributed by atoms with Crippen molar-refractivity contribution in [2.45, 2.75) is 30.3 Å². The Morgan fingerprint density at radius 1 is 0.964 bits per heavy atom. The lowest BCUT2D eigenvalue weighted by Crippen LogP contribution is -2.36. The Hall–Kier alpha value is -2.39. The number of hydrogen-bond acceptors (Lipinski definition) is 4. The van der Waals surface area contributed by atoms with Gasteiger partial charge in [-0.05, 0) is 43.2 Å². The quantitative estimate of drug-likeness (QED) is 0.589. The maximum Gasteiger partial charge on any atom is 0.416 e. The highest BCUT2D eigenvalue weighted by atomic mass is 32.2. The van der Waals surface area contributed by atoms with Gasteiger partial charge in [0.25, 0.3) is 0 Å². The Balaban J connectivity index is 1.76. The van der Waals surface area contributed by atoms with E-state index >= 15 is 0 Å². The Morgan fingerprint density at radius 2 is 1.61 bits per heavy atom. The van der Waals surface area contributed by atoms with E-state index in [0.717, 1.165) is 31.4 Å². The molecule has 1 heterocycles. The van der Waals surface area contributed by atoms with Crippen LogP contribution in [0.15, 0.2) is 58.5 Å². The Labute approximate surface area is 161 Å². The molecule has 1 aliphatic heterocycles. The van der Waals surface area contributed by atoms with Crippen molar-refractivity contribution >= 4 is 21.9 Å². The Kier molecular flexibility index (Phi) is 6.04. The fourth-order valence-corrected chi connectivity index (χ4v) is 4.66. The lowest BCUT2D eigenvalue weighted by atomic mass is 10.2. The van der Waals surface area contributed by atoms with Crippen LogP contribution in [-0.2, 0) is 16.2 Å². The van der Waals surface area contributed by atoms with E-state index in [0.29, 0.717) is 24.3 Å². The first-order valence-electron chi connectivity index (χ1n) is 8.84. The number of piperidine rings is 1. The van der Waals surface area contributed by atoms with Crippen molar-refractivity contribution in [2.75, 3.05) is 18.5 Å². The van der Waals surface area contributed by atoms with Gasteiger partial charge in [-0.1, -0.05) is 24.6 Å². The monoisotopic (exact) mass is 411 g/mol. The third-order valence-corrected chi connectivity index (χ3v) is 6.43. The molecule has 0 aliphatic carbocycles. The van der Waals surface area contributed by atoms with E-state index in [-0.39, 0.29) is 4.90 Å². The highest BCUT2D eigenvalue weighted by Crippen LogP contribution is 2.29. The van der Waals surface area contributed by atoms with E-state index in [1.807, 2.05) is 0 Å². The summed E-state index contributed by atoms with van der Waals surface area (Å²) in [5.41, 5.74) is 2.65. The zero-order chi connectivity index (χ0) is 20.2. The van der Waals surface area contributed by atoms with Crippen LogP contribution in [0.25, 0.3) is 0 Å². The van der Waals surface area contributed by atoms with Crippen molar-refractivity contribution in [1.29, 1.82) is 0 Å². The maximum atomic E-state index is 12.9. The first-order chi connectivity index (χ1) is 13.3. The molecule has 0 unspecified atom stereocenters. The van der Waals surface area contributed by atoms with Crippen molar-refractivity contribution < 1.29 is 21.6 Å². The molecule has 2 aromatic carbocycles. The minimum absolute atomic E-state index is 0.162. The second kappa shape index (κ2) is 8.32. The van der Waals surface area contributed by atoms with Crippen molar-refractivity contribution in [3.63, 3.8) is 0 Å². The maximum absolute atomic E-state index is 12.9. The molecule has 0 aromatic heterocycles. The molecule has 1 aliphatic rings. The van der Waals surface area contributed by atoms with E-state index in [2.05, 4.69) is 10.5 Å². The van der Waals surface area contributed by atoms with Gasteiger partial charge in [-0.2, -0.15) is 22.6 Å². The number of rotatable bonds is 5. The predicted octanol–water partition coefficient (Wildman–Crippen LogP) is 4.33. The Bertz CT molecular complexity index is 936. The van der Waals surface area contributed by atoms with Crippen LogP contribution >= 0.6 is 0 Å². The molecule has 3 rings (SSSR count). The zero-order valence-corrected chi connectivity index (χ0v) is 15.8. The van der Waals surface area contributed by atoms with Crippen molar-refractivity contribution in [3.8, 4) is 0 Å². The van der Waals surface area contributed by atoms with E-state index in [9.17, 15) is 21.6 Å². The topological polar surface area (TPSA) is 61.8 Å². The minimum atomic E-state index is -4.40. The number of anilines is 1. The van der Waals surface area contributed by atoms with Gasteiger partial charge in [0.15, 0.2) is 0 Å². The number of benzene rings is 2. The number of hydrazone groups is 1. The average Bonchev–Trinajstić information content (AvgIpc) is 2.69. The molecular formula is C19H20F3N3O2S. The van der Waals surface area contributed by atoms with Gasteiger partial charge in [-0.15, -0.1) is 0 Å².